The number of benzene rings is 1. The maximum absolute atomic E-state index is 13.5. The lowest BCUT2D eigenvalue weighted by molar-refractivity contribution is 0.489. The summed E-state index contributed by atoms with van der Waals surface area (Å²) < 4.78 is 13.5. The van der Waals surface area contributed by atoms with Crippen molar-refractivity contribution < 1.29 is 4.39 Å². The quantitative estimate of drug-likeness (QED) is 0.220. The molecule has 5 aromatic heterocycles. The van der Waals surface area contributed by atoms with Crippen LogP contribution in [0.1, 0.15) is 31.2 Å². The fourth-order valence-corrected chi connectivity index (χ4v) is 5.68. The van der Waals surface area contributed by atoms with Crippen LogP contribution in [0.4, 0.5) is 4.39 Å². The van der Waals surface area contributed by atoms with Gasteiger partial charge in [0.05, 0.1) is 17.4 Å². The smallest absolute Gasteiger partial charge is 0.155 e. The second kappa shape index (κ2) is 10.0. The lowest BCUT2D eigenvalue weighted by atomic mass is 10.0. The van der Waals surface area contributed by atoms with Crippen LogP contribution in [0.5, 0.6) is 0 Å². The van der Waals surface area contributed by atoms with Crippen molar-refractivity contribution in [2.75, 3.05) is 6.54 Å². The van der Waals surface area contributed by atoms with Crippen molar-refractivity contribution in [1.82, 2.24) is 35.5 Å². The number of nitrogens with zero attached hydrogens (tertiary/aromatic N) is 4. The summed E-state index contributed by atoms with van der Waals surface area (Å²) in [4.78, 5) is 17.0. The van der Waals surface area contributed by atoms with E-state index in [9.17, 15) is 4.39 Å². The summed E-state index contributed by atoms with van der Waals surface area (Å²) in [6, 6.07) is 12.8. The monoisotopic (exact) mass is 517 g/mol. The zero-order valence-electron chi connectivity index (χ0n) is 21.4. The van der Waals surface area contributed by atoms with Gasteiger partial charge in [0.15, 0.2) is 5.65 Å². The van der Waals surface area contributed by atoms with Crippen molar-refractivity contribution in [2.45, 2.75) is 32.2 Å². The number of pyridine rings is 3. The van der Waals surface area contributed by atoms with Crippen molar-refractivity contribution in [3.8, 4) is 33.6 Å². The van der Waals surface area contributed by atoms with Crippen LogP contribution in [0, 0.1) is 11.7 Å². The Kier molecular flexibility index (Phi) is 6.09. The third-order valence-corrected chi connectivity index (χ3v) is 7.74. The van der Waals surface area contributed by atoms with E-state index in [-0.39, 0.29) is 5.82 Å². The average Bonchev–Trinajstić information content (AvgIpc) is 3.73. The molecule has 1 saturated carbocycles. The molecule has 7 nitrogen and oxygen atoms in total. The van der Waals surface area contributed by atoms with E-state index in [1.807, 2.05) is 18.6 Å². The third kappa shape index (κ3) is 4.68. The van der Waals surface area contributed by atoms with Crippen molar-refractivity contribution in [3.63, 3.8) is 0 Å². The summed E-state index contributed by atoms with van der Waals surface area (Å²) in [5.74, 6) is 0.542. The molecule has 1 aromatic carbocycles. The van der Waals surface area contributed by atoms with Gasteiger partial charge in [-0.05, 0) is 66.8 Å². The zero-order valence-corrected chi connectivity index (χ0v) is 21.4. The minimum absolute atomic E-state index is 0.263. The molecule has 39 heavy (non-hydrogen) atoms. The highest BCUT2D eigenvalue weighted by atomic mass is 19.1. The molecule has 0 amide bonds. The molecule has 3 N–H and O–H groups in total. The number of H-pyrrole nitrogens is 2. The minimum atomic E-state index is -0.263. The van der Waals surface area contributed by atoms with Crippen LogP contribution in [-0.2, 0) is 6.54 Å². The van der Waals surface area contributed by atoms with Gasteiger partial charge in [-0.1, -0.05) is 25.0 Å². The number of hydrogen-bond acceptors (Lipinski definition) is 5. The molecular weight excluding hydrogens is 489 g/mol. The molecule has 0 radical (unpaired) electrons. The number of fused-ring (bicyclic) bond motifs is 2. The lowest BCUT2D eigenvalue weighted by Gasteiger charge is -2.11. The van der Waals surface area contributed by atoms with Gasteiger partial charge in [-0.3, -0.25) is 15.1 Å². The van der Waals surface area contributed by atoms with Crippen molar-refractivity contribution in [3.05, 3.63) is 84.8 Å². The minimum Gasteiger partial charge on any atom is -0.352 e. The van der Waals surface area contributed by atoms with E-state index in [4.69, 9.17) is 0 Å². The van der Waals surface area contributed by atoms with Crippen LogP contribution in [0.3, 0.4) is 0 Å². The highest BCUT2D eigenvalue weighted by Crippen LogP contribution is 2.34. The van der Waals surface area contributed by atoms with Gasteiger partial charge in [0, 0.05) is 58.8 Å². The highest BCUT2D eigenvalue weighted by molar-refractivity contribution is 6.00. The Bertz CT molecular complexity index is 1760. The molecule has 1 aliphatic carbocycles. The number of aromatic nitrogens is 6. The lowest BCUT2D eigenvalue weighted by Crippen LogP contribution is -2.20. The molecule has 1 fully saturated rings. The highest BCUT2D eigenvalue weighted by Gasteiger charge is 2.16. The maximum atomic E-state index is 13.5. The second-order valence-electron chi connectivity index (χ2n) is 10.4. The van der Waals surface area contributed by atoms with Crippen LogP contribution in [0.25, 0.3) is 55.6 Å². The molecule has 194 valence electrons. The first kappa shape index (κ1) is 23.7. The Morgan fingerprint density at radius 1 is 0.846 bits per heavy atom. The molecule has 0 bridgehead atoms. The van der Waals surface area contributed by atoms with Crippen LogP contribution in [0.2, 0.25) is 0 Å². The Morgan fingerprint density at radius 2 is 1.67 bits per heavy atom. The SMILES string of the molecule is Fc1ccc(-c2cncc3[nH]c(-c4n[nH]c5ncc(-c6cncc(CNCC7CCCC7)c6)cc45)cc23)cc1. The van der Waals surface area contributed by atoms with Crippen LogP contribution >= 0.6 is 0 Å². The van der Waals surface area contributed by atoms with E-state index in [0.717, 1.165) is 74.5 Å². The number of aromatic amines is 2. The van der Waals surface area contributed by atoms with E-state index in [1.165, 1.54) is 37.8 Å². The molecule has 7 rings (SSSR count). The first-order valence-electron chi connectivity index (χ1n) is 13.4. The van der Waals surface area contributed by atoms with Gasteiger partial charge in [0.1, 0.15) is 11.5 Å². The van der Waals surface area contributed by atoms with Crippen LogP contribution in [-0.4, -0.2) is 36.7 Å². The summed E-state index contributed by atoms with van der Waals surface area (Å²) in [7, 11) is 0. The van der Waals surface area contributed by atoms with E-state index in [1.54, 1.807) is 24.5 Å². The van der Waals surface area contributed by atoms with Gasteiger partial charge in [-0.25, -0.2) is 9.37 Å². The fraction of sp³-hybridized carbons (Fsp3) is 0.226. The molecule has 0 spiro atoms. The molecule has 1 aliphatic rings. The fourth-order valence-electron chi connectivity index (χ4n) is 5.68. The van der Waals surface area contributed by atoms with Crippen LogP contribution in [0.15, 0.2) is 73.4 Å². The normalized spacial score (nSPS) is 14.1. The van der Waals surface area contributed by atoms with Crippen molar-refractivity contribution >= 4 is 21.9 Å². The summed E-state index contributed by atoms with van der Waals surface area (Å²) in [6.07, 6.45) is 14.7. The van der Waals surface area contributed by atoms with E-state index < -0.39 is 0 Å². The van der Waals surface area contributed by atoms with Gasteiger partial charge < -0.3 is 10.3 Å². The Balaban J connectivity index is 1.20. The van der Waals surface area contributed by atoms with Gasteiger partial charge >= 0.3 is 0 Å². The van der Waals surface area contributed by atoms with Gasteiger partial charge in [0.25, 0.3) is 0 Å². The molecule has 0 unspecified atom stereocenters. The van der Waals surface area contributed by atoms with E-state index in [0.29, 0.717) is 5.65 Å². The molecular formula is C31H28FN7. The van der Waals surface area contributed by atoms with Crippen molar-refractivity contribution in [2.24, 2.45) is 5.92 Å². The molecule has 0 aliphatic heterocycles. The molecule has 8 heteroatoms. The first-order valence-corrected chi connectivity index (χ1v) is 13.4. The molecule has 5 heterocycles. The standard InChI is InChI=1S/C31H28FN7/c32-24-7-5-21(6-8-24)27-17-35-18-29-25(27)11-28(37-29)30-26-10-23(16-36-31(26)39-38-30)22-9-20(14-34-15-22)13-33-12-19-3-1-2-4-19/h5-11,14-19,33,37H,1-4,12-13H2,(H,36,38,39). The third-order valence-electron chi connectivity index (χ3n) is 7.74. The number of nitrogens with one attached hydrogen (secondary N) is 3. The molecule has 0 saturated heterocycles. The summed E-state index contributed by atoms with van der Waals surface area (Å²) in [5, 5.41) is 13.2. The first-order chi connectivity index (χ1) is 19.2. The average molecular weight is 518 g/mol. The van der Waals surface area contributed by atoms with E-state index >= 15 is 0 Å². The predicted molar refractivity (Wildman–Crippen MR) is 151 cm³/mol. The van der Waals surface area contributed by atoms with E-state index in [2.05, 4.69) is 53.6 Å². The Morgan fingerprint density at radius 3 is 2.54 bits per heavy atom. The number of halogens is 1. The van der Waals surface area contributed by atoms with Gasteiger partial charge in [-0.15, -0.1) is 0 Å². The second-order valence-corrected chi connectivity index (χ2v) is 10.4. The Hall–Kier alpha value is -4.43. The molecule has 6 aromatic rings. The number of hydrogen-bond donors (Lipinski definition) is 3. The van der Waals surface area contributed by atoms with Crippen LogP contribution < -0.4 is 5.32 Å². The molecule has 0 atom stereocenters. The predicted octanol–water partition coefficient (Wildman–Crippen LogP) is 6.65. The van der Waals surface area contributed by atoms with Gasteiger partial charge in [-0.2, -0.15) is 5.10 Å². The maximum Gasteiger partial charge on any atom is 0.155 e. The number of rotatable bonds is 7. The Labute approximate surface area is 224 Å². The zero-order chi connectivity index (χ0) is 26.2. The summed E-state index contributed by atoms with van der Waals surface area (Å²) in [5.41, 5.74) is 8.24. The van der Waals surface area contributed by atoms with Crippen molar-refractivity contribution in [1.29, 1.82) is 0 Å². The summed E-state index contributed by atoms with van der Waals surface area (Å²) >= 11 is 0. The summed E-state index contributed by atoms with van der Waals surface area (Å²) in [6.45, 7) is 1.88. The largest absolute Gasteiger partial charge is 0.352 e. The topological polar surface area (TPSA) is 95.2 Å². The van der Waals surface area contributed by atoms with Gasteiger partial charge in [0.2, 0.25) is 0 Å².